The van der Waals surface area contributed by atoms with Crippen LogP contribution < -0.4 is 0 Å². The van der Waals surface area contributed by atoms with Crippen molar-refractivity contribution in [3.05, 3.63) is 35.5 Å². The van der Waals surface area contributed by atoms with E-state index in [1.807, 2.05) is 0 Å². The van der Waals surface area contributed by atoms with Gasteiger partial charge in [0.15, 0.2) is 0 Å². The van der Waals surface area contributed by atoms with Crippen LogP contribution in [0.25, 0.3) is 10.9 Å². The summed E-state index contributed by atoms with van der Waals surface area (Å²) in [6, 6.07) is 8.45. The Bertz CT molecular complexity index is 531. The summed E-state index contributed by atoms with van der Waals surface area (Å²) in [4.78, 5) is 3.44. The molecule has 1 aliphatic rings. The van der Waals surface area contributed by atoms with Gasteiger partial charge in [-0.1, -0.05) is 24.6 Å². The Kier molecular flexibility index (Phi) is 2.48. The number of aryl methyl sites for hydroxylation is 1. The van der Waals surface area contributed by atoms with Crippen molar-refractivity contribution in [3.63, 3.8) is 0 Å². The lowest BCUT2D eigenvalue weighted by atomic mass is 9.66. The third-order valence-corrected chi connectivity index (χ3v) is 4.33. The molecule has 0 aliphatic heterocycles. The lowest BCUT2D eigenvalue weighted by Gasteiger charge is -2.40. The van der Waals surface area contributed by atoms with Crippen molar-refractivity contribution in [1.29, 1.82) is 0 Å². The molecule has 0 atom stereocenters. The Morgan fingerprint density at radius 1 is 1.29 bits per heavy atom. The number of aromatic nitrogens is 1. The van der Waals surface area contributed by atoms with Gasteiger partial charge in [-0.2, -0.15) is 0 Å². The fourth-order valence-electron chi connectivity index (χ4n) is 3.01. The van der Waals surface area contributed by atoms with Gasteiger partial charge in [-0.05, 0) is 43.2 Å². The number of hydrogen-bond donors (Lipinski definition) is 2. The first kappa shape index (κ1) is 10.8. The second-order valence-electron chi connectivity index (χ2n) is 5.46. The van der Waals surface area contributed by atoms with Gasteiger partial charge < -0.3 is 10.1 Å². The summed E-state index contributed by atoms with van der Waals surface area (Å²) in [5, 5.41) is 10.9. The van der Waals surface area contributed by atoms with Gasteiger partial charge in [0.25, 0.3) is 0 Å². The minimum absolute atomic E-state index is 0.162. The van der Waals surface area contributed by atoms with Gasteiger partial charge in [0.05, 0.1) is 0 Å². The first-order chi connectivity index (χ1) is 8.24. The number of hydrogen-bond acceptors (Lipinski definition) is 1. The Balaban J connectivity index is 2.02. The average molecular weight is 229 g/mol. The second-order valence-corrected chi connectivity index (χ2v) is 5.46. The van der Waals surface area contributed by atoms with Crippen LogP contribution in [-0.2, 0) is 6.42 Å². The molecule has 2 nitrogen and oxygen atoms in total. The van der Waals surface area contributed by atoms with Crippen molar-refractivity contribution in [3.8, 4) is 0 Å². The highest BCUT2D eigenvalue weighted by molar-refractivity contribution is 5.84. The summed E-state index contributed by atoms with van der Waals surface area (Å²) in [5.74, 6) is 0. The van der Waals surface area contributed by atoms with Gasteiger partial charge in [-0.15, -0.1) is 0 Å². The Morgan fingerprint density at radius 3 is 2.71 bits per heavy atom. The van der Waals surface area contributed by atoms with E-state index in [1.165, 1.54) is 41.4 Å². The highest BCUT2D eigenvalue weighted by Gasteiger charge is 2.37. The van der Waals surface area contributed by atoms with Crippen molar-refractivity contribution in [2.24, 2.45) is 5.41 Å². The molecule has 2 N–H and O–H groups in total. The molecule has 2 heteroatoms. The molecule has 0 bridgehead atoms. The van der Waals surface area contributed by atoms with Crippen LogP contribution in [0.15, 0.2) is 24.3 Å². The van der Waals surface area contributed by atoms with E-state index in [0.29, 0.717) is 6.61 Å². The third-order valence-electron chi connectivity index (χ3n) is 4.33. The highest BCUT2D eigenvalue weighted by Crippen LogP contribution is 2.44. The number of rotatable bonds is 3. The van der Waals surface area contributed by atoms with Crippen molar-refractivity contribution >= 4 is 10.9 Å². The molecule has 90 valence electrons. The van der Waals surface area contributed by atoms with Crippen LogP contribution in [-0.4, -0.2) is 16.7 Å². The number of nitrogens with one attached hydrogen (secondary N) is 1. The molecule has 0 unspecified atom stereocenters. The fourth-order valence-corrected chi connectivity index (χ4v) is 3.01. The zero-order valence-corrected chi connectivity index (χ0v) is 10.3. The van der Waals surface area contributed by atoms with Crippen molar-refractivity contribution in [2.45, 2.75) is 32.6 Å². The molecule has 2 aromatic rings. The number of fused-ring (bicyclic) bond motifs is 1. The van der Waals surface area contributed by atoms with E-state index in [4.69, 9.17) is 0 Å². The molecular formula is C15H19NO. The molecule has 0 radical (unpaired) electrons. The largest absolute Gasteiger partial charge is 0.396 e. The van der Waals surface area contributed by atoms with Crippen LogP contribution in [0, 0.1) is 12.3 Å². The quantitative estimate of drug-likeness (QED) is 0.833. The molecule has 1 aromatic carbocycles. The van der Waals surface area contributed by atoms with Crippen LogP contribution >= 0.6 is 0 Å². The molecule has 0 saturated heterocycles. The maximum absolute atomic E-state index is 9.59. The molecule has 1 aliphatic carbocycles. The van der Waals surface area contributed by atoms with Crippen molar-refractivity contribution < 1.29 is 5.11 Å². The summed E-state index contributed by atoms with van der Waals surface area (Å²) in [7, 11) is 0. The normalized spacial score (nSPS) is 18.2. The van der Waals surface area contributed by atoms with Gasteiger partial charge in [-0.25, -0.2) is 0 Å². The maximum Gasteiger partial charge on any atom is 0.0490 e. The van der Waals surface area contributed by atoms with Crippen LogP contribution in [0.3, 0.4) is 0 Å². The summed E-state index contributed by atoms with van der Waals surface area (Å²) in [6.45, 7) is 2.46. The van der Waals surface area contributed by atoms with E-state index in [-0.39, 0.29) is 5.41 Å². The number of benzene rings is 1. The first-order valence-corrected chi connectivity index (χ1v) is 6.41. The summed E-state index contributed by atoms with van der Waals surface area (Å²) in [5.41, 5.74) is 4.03. The van der Waals surface area contributed by atoms with Gasteiger partial charge in [0, 0.05) is 23.2 Å². The molecular weight excluding hydrogens is 210 g/mol. The summed E-state index contributed by atoms with van der Waals surface area (Å²) < 4.78 is 0. The molecule has 1 fully saturated rings. The zero-order valence-electron chi connectivity index (χ0n) is 10.3. The standard InChI is InChI=1S/C15H19NO/c1-11-13(9-15(10-17)7-4-8-15)12-5-2-3-6-14(12)16-11/h2-3,5-6,16-17H,4,7-10H2,1H3. The highest BCUT2D eigenvalue weighted by atomic mass is 16.3. The minimum atomic E-state index is 0.162. The predicted octanol–water partition coefficient (Wildman–Crippen LogP) is 3.18. The van der Waals surface area contributed by atoms with Crippen LogP contribution in [0.4, 0.5) is 0 Å². The summed E-state index contributed by atoms with van der Waals surface area (Å²) >= 11 is 0. The number of aromatic amines is 1. The first-order valence-electron chi connectivity index (χ1n) is 6.41. The average Bonchev–Trinajstić information content (AvgIpc) is 2.60. The molecule has 0 spiro atoms. The number of para-hydroxylation sites is 1. The van der Waals surface area contributed by atoms with Gasteiger partial charge >= 0.3 is 0 Å². The van der Waals surface area contributed by atoms with Crippen LogP contribution in [0.5, 0.6) is 0 Å². The molecule has 1 heterocycles. The SMILES string of the molecule is Cc1[nH]c2ccccc2c1CC1(CO)CCC1. The second kappa shape index (κ2) is 3.88. The molecule has 0 amide bonds. The van der Waals surface area contributed by atoms with Gasteiger partial charge in [0.1, 0.15) is 0 Å². The molecule has 3 rings (SSSR count). The van der Waals surface area contributed by atoms with E-state index in [0.717, 1.165) is 6.42 Å². The lowest BCUT2D eigenvalue weighted by molar-refractivity contribution is 0.0452. The smallest absolute Gasteiger partial charge is 0.0490 e. The lowest BCUT2D eigenvalue weighted by Crippen LogP contribution is -2.35. The molecule has 17 heavy (non-hydrogen) atoms. The van der Waals surface area contributed by atoms with E-state index < -0.39 is 0 Å². The molecule has 1 saturated carbocycles. The van der Waals surface area contributed by atoms with Crippen LogP contribution in [0.1, 0.15) is 30.5 Å². The third kappa shape index (κ3) is 1.67. The van der Waals surface area contributed by atoms with E-state index in [9.17, 15) is 5.11 Å². The van der Waals surface area contributed by atoms with Crippen LogP contribution in [0.2, 0.25) is 0 Å². The van der Waals surface area contributed by atoms with Crippen molar-refractivity contribution in [1.82, 2.24) is 4.98 Å². The summed E-state index contributed by atoms with van der Waals surface area (Å²) in [6.07, 6.45) is 4.62. The number of H-pyrrole nitrogens is 1. The number of aliphatic hydroxyl groups excluding tert-OH is 1. The van der Waals surface area contributed by atoms with Crippen molar-refractivity contribution in [2.75, 3.05) is 6.61 Å². The van der Waals surface area contributed by atoms with Gasteiger partial charge in [0.2, 0.25) is 0 Å². The Labute approximate surface area is 102 Å². The van der Waals surface area contributed by atoms with Gasteiger partial charge in [-0.3, -0.25) is 0 Å². The predicted molar refractivity (Wildman–Crippen MR) is 70.1 cm³/mol. The van der Waals surface area contributed by atoms with E-state index in [2.05, 4.69) is 36.2 Å². The maximum atomic E-state index is 9.59. The minimum Gasteiger partial charge on any atom is -0.396 e. The fraction of sp³-hybridized carbons (Fsp3) is 0.467. The zero-order chi connectivity index (χ0) is 11.9. The Hall–Kier alpha value is -1.28. The monoisotopic (exact) mass is 229 g/mol. The number of aliphatic hydroxyl groups is 1. The molecule has 1 aromatic heterocycles. The topological polar surface area (TPSA) is 36.0 Å². The van der Waals surface area contributed by atoms with E-state index in [1.54, 1.807) is 0 Å². The Morgan fingerprint density at radius 2 is 2.06 bits per heavy atom. The van der Waals surface area contributed by atoms with E-state index >= 15 is 0 Å².